The number of rotatable bonds is 5. The molecule has 84 valence electrons. The third kappa shape index (κ3) is 3.06. The van der Waals surface area contributed by atoms with Gasteiger partial charge in [-0.15, -0.1) is 11.6 Å². The molecule has 1 aliphatic heterocycles. The first kappa shape index (κ1) is 12.2. The first-order chi connectivity index (χ1) is 6.54. The van der Waals surface area contributed by atoms with Gasteiger partial charge in [-0.3, -0.25) is 0 Å². The molecule has 0 spiro atoms. The Morgan fingerprint density at radius 2 is 2.36 bits per heavy atom. The molecule has 1 fully saturated rings. The zero-order chi connectivity index (χ0) is 10.7. The molecular formula is C7H14ClNO4S. The van der Waals surface area contributed by atoms with Gasteiger partial charge in [0.05, 0.1) is 6.61 Å². The fourth-order valence-corrected chi connectivity index (χ4v) is 2.03. The van der Waals surface area contributed by atoms with E-state index in [1.807, 2.05) is 0 Å². The second-order valence-corrected chi connectivity index (χ2v) is 5.63. The van der Waals surface area contributed by atoms with Gasteiger partial charge in [0.25, 0.3) is 0 Å². The molecule has 0 aromatic heterocycles. The molecule has 5 nitrogen and oxygen atoms in total. The van der Waals surface area contributed by atoms with Gasteiger partial charge in [-0.05, 0) is 0 Å². The fourth-order valence-electron chi connectivity index (χ4n) is 1.24. The van der Waals surface area contributed by atoms with E-state index < -0.39 is 20.8 Å². The molecule has 0 radical (unpaired) electrons. The number of halogens is 1. The van der Waals surface area contributed by atoms with Crippen LogP contribution in [0.3, 0.4) is 0 Å². The topological polar surface area (TPSA) is 64.6 Å². The minimum Gasteiger partial charge on any atom is -0.378 e. The largest absolute Gasteiger partial charge is 0.378 e. The Hall–Kier alpha value is 0.120. The Bertz CT molecular complexity index is 273. The Morgan fingerprint density at radius 1 is 1.64 bits per heavy atom. The minimum absolute atomic E-state index is 0.207. The maximum atomic E-state index is 11.1. The monoisotopic (exact) mass is 243 g/mol. The molecule has 1 saturated heterocycles. The summed E-state index contributed by atoms with van der Waals surface area (Å²) in [6, 6.07) is 0. The van der Waals surface area contributed by atoms with Gasteiger partial charge < -0.3 is 9.47 Å². The molecule has 1 N–H and O–H groups in total. The Labute approximate surface area is 88.8 Å². The summed E-state index contributed by atoms with van der Waals surface area (Å²) in [6.45, 7) is 1.21. The predicted octanol–water partition coefficient (Wildman–Crippen LogP) is -0.0924. The summed E-state index contributed by atoms with van der Waals surface area (Å²) >= 11 is 5.24. The Morgan fingerprint density at radius 3 is 2.79 bits per heavy atom. The van der Waals surface area contributed by atoms with Crippen molar-refractivity contribution < 1.29 is 17.9 Å². The highest BCUT2D eigenvalue weighted by Gasteiger charge is 2.35. The summed E-state index contributed by atoms with van der Waals surface area (Å²) in [4.78, 5) is 0. The summed E-state index contributed by atoms with van der Waals surface area (Å²) in [5.74, 6) is 0. The van der Waals surface area contributed by atoms with Crippen molar-refractivity contribution in [2.75, 3.05) is 32.1 Å². The number of hydrogen-bond donors (Lipinski definition) is 1. The second-order valence-electron chi connectivity index (χ2n) is 3.23. The first-order valence-electron chi connectivity index (χ1n) is 4.20. The van der Waals surface area contributed by atoms with Crippen molar-refractivity contribution in [3.63, 3.8) is 0 Å². The van der Waals surface area contributed by atoms with Crippen LogP contribution in [0.5, 0.6) is 0 Å². The first-order valence-corrected chi connectivity index (χ1v) is 6.38. The maximum Gasteiger partial charge on any atom is 0.225 e. The fraction of sp³-hybridized carbons (Fsp3) is 1.00. The number of hydrogen-bond acceptors (Lipinski definition) is 4. The van der Waals surface area contributed by atoms with Crippen LogP contribution in [0.1, 0.15) is 6.42 Å². The van der Waals surface area contributed by atoms with Gasteiger partial charge in [-0.2, -0.15) is 0 Å². The van der Waals surface area contributed by atoms with Crippen LogP contribution in [0.2, 0.25) is 0 Å². The number of alkyl halides is 1. The van der Waals surface area contributed by atoms with E-state index in [1.54, 1.807) is 7.11 Å². The van der Waals surface area contributed by atoms with Crippen molar-refractivity contribution in [2.24, 2.45) is 0 Å². The number of methoxy groups -OCH3 is 1. The molecule has 0 bridgehead atoms. The lowest BCUT2D eigenvalue weighted by atomic mass is 10.0. The van der Waals surface area contributed by atoms with Gasteiger partial charge in [-0.1, -0.05) is 0 Å². The molecule has 0 aromatic rings. The number of sulfonamides is 1. The number of nitrogens with one attached hydrogen (secondary N) is 1. The van der Waals surface area contributed by atoms with Crippen LogP contribution in [-0.4, -0.2) is 46.1 Å². The highest BCUT2D eigenvalue weighted by atomic mass is 35.5. The van der Waals surface area contributed by atoms with Crippen molar-refractivity contribution in [1.82, 2.24) is 4.72 Å². The lowest BCUT2D eigenvalue weighted by Crippen LogP contribution is -2.45. The SMILES string of the molecule is COC1(CNS(=O)(=O)CCl)CCOC1. The van der Waals surface area contributed by atoms with Crippen LogP contribution in [0, 0.1) is 0 Å². The average molecular weight is 244 g/mol. The number of ether oxygens (including phenoxy) is 2. The third-order valence-corrected chi connectivity index (χ3v) is 3.99. The van der Waals surface area contributed by atoms with E-state index in [2.05, 4.69) is 4.72 Å². The van der Waals surface area contributed by atoms with Crippen LogP contribution in [0.15, 0.2) is 0 Å². The van der Waals surface area contributed by atoms with E-state index in [-0.39, 0.29) is 6.54 Å². The molecule has 1 aliphatic rings. The van der Waals surface area contributed by atoms with Gasteiger partial charge in [0.1, 0.15) is 10.8 Å². The molecule has 14 heavy (non-hydrogen) atoms. The average Bonchev–Trinajstić information content (AvgIpc) is 2.65. The van der Waals surface area contributed by atoms with Crippen LogP contribution in [0.25, 0.3) is 0 Å². The zero-order valence-corrected chi connectivity index (χ0v) is 9.53. The summed E-state index contributed by atoms with van der Waals surface area (Å²) < 4.78 is 34.9. The molecule has 1 rings (SSSR count). The van der Waals surface area contributed by atoms with E-state index in [0.29, 0.717) is 19.6 Å². The quantitative estimate of drug-likeness (QED) is 0.686. The van der Waals surface area contributed by atoms with Gasteiger partial charge in [0.15, 0.2) is 0 Å². The van der Waals surface area contributed by atoms with E-state index in [4.69, 9.17) is 21.1 Å². The predicted molar refractivity (Wildman–Crippen MR) is 52.8 cm³/mol. The highest BCUT2D eigenvalue weighted by molar-refractivity contribution is 7.90. The van der Waals surface area contributed by atoms with Crippen molar-refractivity contribution in [3.05, 3.63) is 0 Å². The van der Waals surface area contributed by atoms with E-state index in [9.17, 15) is 8.42 Å². The molecule has 7 heteroatoms. The minimum atomic E-state index is -3.38. The van der Waals surface area contributed by atoms with Crippen molar-refractivity contribution >= 4 is 21.6 Å². The molecule has 1 unspecified atom stereocenters. The second kappa shape index (κ2) is 4.76. The third-order valence-electron chi connectivity index (χ3n) is 2.26. The lowest BCUT2D eigenvalue weighted by Gasteiger charge is -2.25. The normalized spacial score (nSPS) is 28.1. The molecule has 1 heterocycles. The van der Waals surface area contributed by atoms with Gasteiger partial charge in [-0.25, -0.2) is 13.1 Å². The van der Waals surface area contributed by atoms with Gasteiger partial charge >= 0.3 is 0 Å². The van der Waals surface area contributed by atoms with Crippen LogP contribution in [0.4, 0.5) is 0 Å². The van der Waals surface area contributed by atoms with Crippen LogP contribution in [-0.2, 0) is 19.5 Å². The van der Waals surface area contributed by atoms with Crippen molar-refractivity contribution in [2.45, 2.75) is 12.0 Å². The highest BCUT2D eigenvalue weighted by Crippen LogP contribution is 2.21. The van der Waals surface area contributed by atoms with Gasteiger partial charge in [0.2, 0.25) is 10.0 Å². The van der Waals surface area contributed by atoms with E-state index in [1.165, 1.54) is 0 Å². The smallest absolute Gasteiger partial charge is 0.225 e. The van der Waals surface area contributed by atoms with E-state index >= 15 is 0 Å². The zero-order valence-electron chi connectivity index (χ0n) is 7.95. The summed E-state index contributed by atoms with van der Waals surface area (Å²) in [5.41, 5.74) is -0.529. The molecular weight excluding hydrogens is 230 g/mol. The van der Waals surface area contributed by atoms with E-state index in [0.717, 1.165) is 0 Å². The maximum absolute atomic E-state index is 11.1. The van der Waals surface area contributed by atoms with Crippen molar-refractivity contribution in [3.8, 4) is 0 Å². The van der Waals surface area contributed by atoms with Crippen molar-refractivity contribution in [1.29, 1.82) is 0 Å². The molecule has 1 atom stereocenters. The van der Waals surface area contributed by atoms with Gasteiger partial charge in [0, 0.05) is 26.7 Å². The van der Waals surface area contributed by atoms with Crippen LogP contribution >= 0.6 is 11.6 Å². The van der Waals surface area contributed by atoms with Crippen LogP contribution < -0.4 is 4.72 Å². The molecule has 0 aromatic carbocycles. The summed E-state index contributed by atoms with van der Waals surface area (Å²) in [6.07, 6.45) is 0.689. The molecule has 0 aliphatic carbocycles. The standard InChI is InChI=1S/C7H14ClNO4S/c1-12-7(2-3-13-5-7)4-9-14(10,11)6-8/h9H,2-6H2,1H3. The summed E-state index contributed by atoms with van der Waals surface area (Å²) in [7, 11) is -1.83. The molecule has 0 saturated carbocycles. The Balaban J connectivity index is 2.50. The Kier molecular flexibility index (Phi) is 4.15. The molecule has 0 amide bonds. The summed E-state index contributed by atoms with van der Waals surface area (Å²) in [5, 5.41) is -0.437. The lowest BCUT2D eigenvalue weighted by molar-refractivity contribution is -0.0120.